The van der Waals surface area contributed by atoms with Crippen molar-refractivity contribution < 1.29 is 9.21 Å². The van der Waals surface area contributed by atoms with Gasteiger partial charge in [-0.25, -0.2) is 0 Å². The summed E-state index contributed by atoms with van der Waals surface area (Å²) >= 11 is 6.04. The van der Waals surface area contributed by atoms with Crippen LogP contribution in [0, 0.1) is 27.7 Å². The molecule has 0 aliphatic heterocycles. The summed E-state index contributed by atoms with van der Waals surface area (Å²) in [5.74, 6) is 1.39. The molecule has 2 rings (SSSR count). The first-order valence-corrected chi connectivity index (χ1v) is 6.16. The molecule has 0 saturated carbocycles. The Bertz CT molecular complexity index is 624. The van der Waals surface area contributed by atoms with Crippen molar-refractivity contribution in [3.8, 4) is 0 Å². The first-order valence-electron chi connectivity index (χ1n) is 5.78. The molecule has 0 fully saturated rings. The zero-order chi connectivity index (χ0) is 13.4. The molecule has 1 aromatic heterocycles. The van der Waals surface area contributed by atoms with Gasteiger partial charge in [-0.15, -0.1) is 0 Å². The van der Waals surface area contributed by atoms with Crippen LogP contribution in [0.25, 0.3) is 0 Å². The van der Waals surface area contributed by atoms with Gasteiger partial charge in [0.1, 0.15) is 11.5 Å². The first-order chi connectivity index (χ1) is 8.40. The van der Waals surface area contributed by atoms with Crippen molar-refractivity contribution in [1.29, 1.82) is 0 Å². The number of halogens is 1. The fourth-order valence-corrected chi connectivity index (χ4v) is 2.25. The Morgan fingerprint density at radius 2 is 1.67 bits per heavy atom. The van der Waals surface area contributed by atoms with Gasteiger partial charge in [-0.1, -0.05) is 11.6 Å². The lowest BCUT2D eigenvalue weighted by molar-refractivity contribution is 0.103. The van der Waals surface area contributed by atoms with Crippen LogP contribution in [-0.4, -0.2) is 5.78 Å². The van der Waals surface area contributed by atoms with Gasteiger partial charge in [0.25, 0.3) is 0 Å². The third-order valence-electron chi connectivity index (χ3n) is 3.04. The number of carbonyl (C=O) groups excluding carboxylic acids is 1. The van der Waals surface area contributed by atoms with Crippen molar-refractivity contribution in [1.82, 2.24) is 0 Å². The first kappa shape index (κ1) is 12.9. The maximum absolute atomic E-state index is 12.5. The Labute approximate surface area is 112 Å². The predicted molar refractivity (Wildman–Crippen MR) is 72.5 cm³/mol. The lowest BCUT2D eigenvalue weighted by atomic mass is 9.97. The van der Waals surface area contributed by atoms with E-state index in [0.29, 0.717) is 21.9 Å². The summed E-state index contributed by atoms with van der Waals surface area (Å²) in [5.41, 5.74) is 3.09. The Morgan fingerprint density at radius 1 is 1.00 bits per heavy atom. The fraction of sp³-hybridized carbons (Fsp3) is 0.267. The van der Waals surface area contributed by atoms with Crippen molar-refractivity contribution in [2.45, 2.75) is 27.7 Å². The second kappa shape index (κ2) is 4.62. The number of aryl methyl sites for hydroxylation is 4. The summed E-state index contributed by atoms with van der Waals surface area (Å²) in [6.45, 7) is 7.43. The van der Waals surface area contributed by atoms with E-state index in [2.05, 4.69) is 0 Å². The molecule has 0 spiro atoms. The van der Waals surface area contributed by atoms with Crippen molar-refractivity contribution in [2.24, 2.45) is 0 Å². The van der Waals surface area contributed by atoms with Crippen LogP contribution < -0.4 is 0 Å². The third kappa shape index (κ3) is 2.21. The molecule has 0 aliphatic rings. The lowest BCUT2D eigenvalue weighted by Crippen LogP contribution is -2.04. The van der Waals surface area contributed by atoms with Gasteiger partial charge in [-0.3, -0.25) is 4.79 Å². The largest absolute Gasteiger partial charge is 0.466 e. The molecule has 3 heteroatoms. The minimum Gasteiger partial charge on any atom is -0.466 e. The van der Waals surface area contributed by atoms with Crippen LogP contribution in [0.1, 0.15) is 38.6 Å². The zero-order valence-corrected chi connectivity index (χ0v) is 11.7. The van der Waals surface area contributed by atoms with E-state index in [1.54, 1.807) is 13.0 Å². The highest BCUT2D eigenvalue weighted by atomic mass is 35.5. The molecular weight excluding hydrogens is 248 g/mol. The standard InChI is InChI=1S/C15H15ClO2/c1-8-6-14(16)9(2)5-12(8)15(17)13-7-10(3)18-11(13)4/h5-7H,1-4H3. The Hall–Kier alpha value is -1.54. The Balaban J connectivity index is 2.53. The zero-order valence-electron chi connectivity index (χ0n) is 10.9. The van der Waals surface area contributed by atoms with Gasteiger partial charge in [0.2, 0.25) is 0 Å². The van der Waals surface area contributed by atoms with Crippen LogP contribution >= 0.6 is 11.6 Å². The lowest BCUT2D eigenvalue weighted by Gasteiger charge is -2.07. The van der Waals surface area contributed by atoms with E-state index in [0.717, 1.165) is 16.9 Å². The van der Waals surface area contributed by atoms with Crippen molar-refractivity contribution in [2.75, 3.05) is 0 Å². The minimum absolute atomic E-state index is 0.0124. The third-order valence-corrected chi connectivity index (χ3v) is 3.44. The van der Waals surface area contributed by atoms with Crippen LogP contribution in [0.2, 0.25) is 5.02 Å². The van der Waals surface area contributed by atoms with Gasteiger partial charge in [-0.2, -0.15) is 0 Å². The Kier molecular flexibility index (Phi) is 3.31. The molecule has 94 valence electrons. The second-order valence-electron chi connectivity index (χ2n) is 4.57. The van der Waals surface area contributed by atoms with E-state index < -0.39 is 0 Å². The van der Waals surface area contributed by atoms with E-state index in [1.807, 2.05) is 32.9 Å². The van der Waals surface area contributed by atoms with Crippen LogP contribution in [0.3, 0.4) is 0 Å². The molecule has 0 radical (unpaired) electrons. The molecule has 0 N–H and O–H groups in total. The summed E-state index contributed by atoms with van der Waals surface area (Å²) in [4.78, 5) is 12.5. The number of hydrogen-bond donors (Lipinski definition) is 0. The molecule has 0 bridgehead atoms. The van der Waals surface area contributed by atoms with Gasteiger partial charge in [-0.05, 0) is 57.0 Å². The number of rotatable bonds is 2. The topological polar surface area (TPSA) is 30.2 Å². The summed E-state index contributed by atoms with van der Waals surface area (Å²) < 4.78 is 5.40. The molecule has 2 aromatic rings. The van der Waals surface area contributed by atoms with Crippen LogP contribution in [0.4, 0.5) is 0 Å². The van der Waals surface area contributed by atoms with Gasteiger partial charge in [0, 0.05) is 10.6 Å². The van der Waals surface area contributed by atoms with Gasteiger partial charge >= 0.3 is 0 Å². The number of carbonyl (C=O) groups is 1. The molecular formula is C15H15ClO2. The van der Waals surface area contributed by atoms with E-state index in [-0.39, 0.29) is 5.78 Å². The highest BCUT2D eigenvalue weighted by molar-refractivity contribution is 6.31. The van der Waals surface area contributed by atoms with Crippen LogP contribution in [0.15, 0.2) is 22.6 Å². The number of hydrogen-bond acceptors (Lipinski definition) is 2. The fourth-order valence-electron chi connectivity index (χ4n) is 2.03. The molecule has 0 atom stereocenters. The van der Waals surface area contributed by atoms with Crippen molar-refractivity contribution >= 4 is 17.4 Å². The second-order valence-corrected chi connectivity index (χ2v) is 4.98. The summed E-state index contributed by atoms with van der Waals surface area (Å²) in [5, 5.41) is 0.684. The van der Waals surface area contributed by atoms with Gasteiger partial charge < -0.3 is 4.42 Å². The molecule has 18 heavy (non-hydrogen) atoms. The highest BCUT2D eigenvalue weighted by Gasteiger charge is 2.18. The smallest absolute Gasteiger partial charge is 0.196 e. The summed E-state index contributed by atoms with van der Waals surface area (Å²) in [6, 6.07) is 5.44. The quantitative estimate of drug-likeness (QED) is 0.751. The number of benzene rings is 1. The van der Waals surface area contributed by atoms with E-state index >= 15 is 0 Å². The van der Waals surface area contributed by atoms with E-state index in [4.69, 9.17) is 16.0 Å². The average Bonchev–Trinajstić information content (AvgIpc) is 2.62. The maximum atomic E-state index is 12.5. The predicted octanol–water partition coefficient (Wildman–Crippen LogP) is 4.40. The number of ketones is 1. The molecule has 0 amide bonds. The molecule has 0 aliphatic carbocycles. The molecule has 1 aromatic carbocycles. The minimum atomic E-state index is -0.0124. The van der Waals surface area contributed by atoms with E-state index in [1.165, 1.54) is 0 Å². The highest BCUT2D eigenvalue weighted by Crippen LogP contribution is 2.24. The number of furan rings is 1. The van der Waals surface area contributed by atoms with Crippen LogP contribution in [0.5, 0.6) is 0 Å². The van der Waals surface area contributed by atoms with E-state index in [9.17, 15) is 4.79 Å². The van der Waals surface area contributed by atoms with Crippen LogP contribution in [-0.2, 0) is 0 Å². The van der Waals surface area contributed by atoms with Crippen molar-refractivity contribution in [3.63, 3.8) is 0 Å². The van der Waals surface area contributed by atoms with Crippen molar-refractivity contribution in [3.05, 3.63) is 57.0 Å². The summed E-state index contributed by atoms with van der Waals surface area (Å²) in [6.07, 6.45) is 0. The van der Waals surface area contributed by atoms with Gasteiger partial charge in [0.05, 0.1) is 5.56 Å². The maximum Gasteiger partial charge on any atom is 0.196 e. The molecule has 2 nitrogen and oxygen atoms in total. The van der Waals surface area contributed by atoms with Gasteiger partial charge in [0.15, 0.2) is 5.78 Å². The molecule has 1 heterocycles. The monoisotopic (exact) mass is 262 g/mol. The summed E-state index contributed by atoms with van der Waals surface area (Å²) in [7, 11) is 0. The molecule has 0 unspecified atom stereocenters. The normalized spacial score (nSPS) is 10.7. The molecule has 0 saturated heterocycles. The average molecular weight is 263 g/mol. The SMILES string of the molecule is Cc1cc(C(=O)c2cc(C)c(Cl)cc2C)c(C)o1. The Morgan fingerprint density at radius 3 is 2.22 bits per heavy atom.